The number of thiazole rings is 1. The molecule has 3 rings (SSSR count). The Morgan fingerprint density at radius 2 is 2.18 bits per heavy atom. The van der Waals surface area contributed by atoms with Crippen LogP contribution in [0.1, 0.15) is 30.1 Å². The highest BCUT2D eigenvalue weighted by atomic mass is 32.2. The molecule has 2 aromatic heterocycles. The van der Waals surface area contributed by atoms with E-state index in [9.17, 15) is 8.42 Å². The summed E-state index contributed by atoms with van der Waals surface area (Å²) in [6.07, 6.45) is 4.98. The number of piperidine rings is 1. The molecule has 2 aromatic rings. The van der Waals surface area contributed by atoms with Crippen molar-refractivity contribution in [3.63, 3.8) is 0 Å². The van der Waals surface area contributed by atoms with Crippen molar-refractivity contribution in [1.29, 1.82) is 0 Å². The number of aromatic nitrogens is 2. The average molecular weight is 337 g/mol. The molecule has 0 aliphatic carbocycles. The fourth-order valence-corrected chi connectivity index (χ4v) is 4.44. The van der Waals surface area contributed by atoms with Crippen molar-refractivity contribution in [3.8, 4) is 10.6 Å². The number of hydrogen-bond donors (Lipinski definition) is 0. The molecule has 1 aliphatic rings. The van der Waals surface area contributed by atoms with E-state index < -0.39 is 10.0 Å². The summed E-state index contributed by atoms with van der Waals surface area (Å²) in [4.78, 5) is 9.01. The van der Waals surface area contributed by atoms with Crippen LogP contribution in [0.2, 0.25) is 0 Å². The third kappa shape index (κ3) is 3.37. The molecule has 1 fully saturated rings. The Hall–Kier alpha value is -1.31. The Bertz CT molecular complexity index is 753. The highest BCUT2D eigenvalue weighted by Crippen LogP contribution is 2.29. The molecule has 7 heteroatoms. The summed E-state index contributed by atoms with van der Waals surface area (Å²) in [7, 11) is -3.12. The maximum absolute atomic E-state index is 11.7. The second kappa shape index (κ2) is 6.06. The average Bonchev–Trinajstić information content (AvgIpc) is 2.93. The number of hydrogen-bond acceptors (Lipinski definition) is 5. The summed E-state index contributed by atoms with van der Waals surface area (Å²) < 4.78 is 25.0. The van der Waals surface area contributed by atoms with E-state index in [4.69, 9.17) is 0 Å². The van der Waals surface area contributed by atoms with E-state index in [2.05, 4.69) is 9.97 Å². The fraction of sp³-hybridized carbons (Fsp3) is 0.467. The van der Waals surface area contributed by atoms with Crippen molar-refractivity contribution < 1.29 is 8.42 Å². The predicted octanol–water partition coefficient (Wildman–Crippen LogP) is 2.65. The lowest BCUT2D eigenvalue weighted by atomic mass is 9.95. The molecule has 22 heavy (non-hydrogen) atoms. The number of rotatable bonds is 3. The van der Waals surface area contributed by atoms with Crippen LogP contribution in [0.4, 0.5) is 0 Å². The van der Waals surface area contributed by atoms with Gasteiger partial charge < -0.3 is 0 Å². The molecule has 1 atom stereocenters. The molecule has 1 unspecified atom stereocenters. The van der Waals surface area contributed by atoms with Gasteiger partial charge in [-0.3, -0.25) is 4.98 Å². The molecule has 0 radical (unpaired) electrons. The first-order valence-corrected chi connectivity index (χ1v) is 10.00. The number of pyridine rings is 1. The third-order valence-electron chi connectivity index (χ3n) is 3.92. The number of nitrogens with zero attached hydrogens (tertiary/aromatic N) is 3. The van der Waals surface area contributed by atoms with E-state index in [-0.39, 0.29) is 5.92 Å². The van der Waals surface area contributed by atoms with E-state index in [0.717, 1.165) is 34.8 Å². The van der Waals surface area contributed by atoms with Crippen molar-refractivity contribution in [1.82, 2.24) is 14.3 Å². The standard InChI is InChI=1S/C15H19N3O2S2/c1-11-10-21-15(17-11)12-5-6-14(16-8-12)13-4-3-7-18(9-13)22(2,19)20/h5-6,8,10,13H,3-4,7,9H2,1-2H3. The van der Waals surface area contributed by atoms with Crippen LogP contribution in [-0.2, 0) is 10.0 Å². The van der Waals surface area contributed by atoms with Gasteiger partial charge in [-0.2, -0.15) is 0 Å². The van der Waals surface area contributed by atoms with Gasteiger partial charge in [0.25, 0.3) is 0 Å². The molecule has 118 valence electrons. The monoisotopic (exact) mass is 337 g/mol. The maximum atomic E-state index is 11.7. The normalized spacial score (nSPS) is 20.2. The molecule has 0 N–H and O–H groups in total. The largest absolute Gasteiger partial charge is 0.260 e. The molecule has 0 amide bonds. The summed E-state index contributed by atoms with van der Waals surface area (Å²) in [6.45, 7) is 3.12. The van der Waals surface area contributed by atoms with E-state index in [1.165, 1.54) is 6.26 Å². The van der Waals surface area contributed by atoms with Crippen molar-refractivity contribution in [2.75, 3.05) is 19.3 Å². The van der Waals surface area contributed by atoms with Gasteiger partial charge in [-0.25, -0.2) is 17.7 Å². The summed E-state index contributed by atoms with van der Waals surface area (Å²) in [5, 5.41) is 2.99. The first-order chi connectivity index (χ1) is 10.4. The lowest BCUT2D eigenvalue weighted by Gasteiger charge is -2.30. The summed E-state index contributed by atoms with van der Waals surface area (Å²) in [6, 6.07) is 4.03. The minimum absolute atomic E-state index is 0.176. The predicted molar refractivity (Wildman–Crippen MR) is 88.5 cm³/mol. The third-order valence-corrected chi connectivity index (χ3v) is 6.20. The van der Waals surface area contributed by atoms with Crippen LogP contribution < -0.4 is 0 Å². The lowest BCUT2D eigenvalue weighted by molar-refractivity contribution is 0.314. The molecule has 0 aromatic carbocycles. The van der Waals surface area contributed by atoms with Gasteiger partial charge in [0.2, 0.25) is 10.0 Å². The number of aryl methyl sites for hydroxylation is 1. The molecule has 0 bridgehead atoms. The van der Waals surface area contributed by atoms with E-state index in [1.54, 1.807) is 15.6 Å². The number of sulfonamides is 1. The molecule has 0 saturated carbocycles. The Kier molecular flexibility index (Phi) is 4.29. The zero-order chi connectivity index (χ0) is 15.7. The lowest BCUT2D eigenvalue weighted by Crippen LogP contribution is -2.38. The molecule has 1 saturated heterocycles. The Balaban J connectivity index is 1.78. The van der Waals surface area contributed by atoms with Crippen molar-refractivity contribution >= 4 is 21.4 Å². The van der Waals surface area contributed by atoms with E-state index in [0.29, 0.717) is 13.1 Å². The van der Waals surface area contributed by atoms with Crippen LogP contribution in [0.15, 0.2) is 23.7 Å². The SMILES string of the molecule is Cc1csc(-c2ccc(C3CCCN(S(C)(=O)=O)C3)nc2)n1. The molecule has 0 spiro atoms. The maximum Gasteiger partial charge on any atom is 0.211 e. The van der Waals surface area contributed by atoms with Crippen LogP contribution in [-0.4, -0.2) is 42.0 Å². The topological polar surface area (TPSA) is 63.2 Å². The second-order valence-corrected chi connectivity index (χ2v) is 8.57. The Labute approximate surface area is 135 Å². The Morgan fingerprint density at radius 3 is 2.77 bits per heavy atom. The minimum atomic E-state index is -3.12. The Morgan fingerprint density at radius 1 is 1.36 bits per heavy atom. The smallest absolute Gasteiger partial charge is 0.211 e. The highest BCUT2D eigenvalue weighted by molar-refractivity contribution is 7.88. The summed E-state index contributed by atoms with van der Waals surface area (Å²) in [5.41, 5.74) is 2.99. The van der Waals surface area contributed by atoms with Crippen LogP contribution in [0.3, 0.4) is 0 Å². The van der Waals surface area contributed by atoms with Gasteiger partial charge in [0.05, 0.1) is 6.26 Å². The molecule has 1 aliphatic heterocycles. The quantitative estimate of drug-likeness (QED) is 0.864. The van der Waals surface area contributed by atoms with Gasteiger partial charge >= 0.3 is 0 Å². The van der Waals surface area contributed by atoms with Crippen LogP contribution in [0.25, 0.3) is 10.6 Å². The van der Waals surface area contributed by atoms with Crippen molar-refractivity contribution in [2.24, 2.45) is 0 Å². The first kappa shape index (κ1) is 15.6. The van der Waals surface area contributed by atoms with Crippen molar-refractivity contribution in [2.45, 2.75) is 25.7 Å². The van der Waals surface area contributed by atoms with Gasteiger partial charge in [0, 0.05) is 47.5 Å². The van der Waals surface area contributed by atoms with Gasteiger partial charge in [-0.15, -0.1) is 11.3 Å². The molecule has 3 heterocycles. The van der Waals surface area contributed by atoms with Crippen molar-refractivity contribution in [3.05, 3.63) is 35.1 Å². The minimum Gasteiger partial charge on any atom is -0.260 e. The fourth-order valence-electron chi connectivity index (χ4n) is 2.74. The summed E-state index contributed by atoms with van der Waals surface area (Å²) in [5.74, 6) is 0.176. The van der Waals surface area contributed by atoms with Crippen LogP contribution in [0.5, 0.6) is 0 Å². The molecular weight excluding hydrogens is 318 g/mol. The van der Waals surface area contributed by atoms with Gasteiger partial charge in [0.1, 0.15) is 5.01 Å². The highest BCUT2D eigenvalue weighted by Gasteiger charge is 2.27. The van der Waals surface area contributed by atoms with Crippen LogP contribution in [0, 0.1) is 6.92 Å². The van der Waals surface area contributed by atoms with Gasteiger partial charge in [-0.1, -0.05) is 0 Å². The summed E-state index contributed by atoms with van der Waals surface area (Å²) >= 11 is 1.61. The van der Waals surface area contributed by atoms with Gasteiger partial charge in [0.15, 0.2) is 0 Å². The van der Waals surface area contributed by atoms with Gasteiger partial charge in [-0.05, 0) is 31.9 Å². The van der Waals surface area contributed by atoms with E-state index in [1.807, 2.05) is 30.6 Å². The molecular formula is C15H19N3O2S2. The zero-order valence-corrected chi connectivity index (χ0v) is 14.3. The zero-order valence-electron chi connectivity index (χ0n) is 12.7. The second-order valence-electron chi connectivity index (χ2n) is 5.73. The molecule has 5 nitrogen and oxygen atoms in total. The first-order valence-electron chi connectivity index (χ1n) is 7.27. The van der Waals surface area contributed by atoms with E-state index >= 15 is 0 Å². The van der Waals surface area contributed by atoms with Crippen LogP contribution >= 0.6 is 11.3 Å².